The van der Waals surface area contributed by atoms with E-state index < -0.39 is 0 Å². The van der Waals surface area contributed by atoms with Gasteiger partial charge in [-0.2, -0.15) is 9.59 Å². The number of nitrogens with zero attached hydrogens (tertiary/aromatic N) is 8. The lowest BCUT2D eigenvalue weighted by Crippen LogP contribution is -2.08. The average molecular weight is 268 g/mol. The van der Waals surface area contributed by atoms with Gasteiger partial charge in [-0.05, 0) is 16.8 Å². The lowest BCUT2D eigenvalue weighted by atomic mass is 10.5. The number of methoxy groups -OCH3 is 1. The molecule has 0 saturated carbocycles. The second-order valence-electron chi connectivity index (χ2n) is 3.73. The molecule has 104 valence electrons. The minimum Gasteiger partial charge on any atom is -0.383 e. The van der Waals surface area contributed by atoms with Crippen LogP contribution in [0.3, 0.4) is 0 Å². The monoisotopic (exact) mass is 268 g/mol. The molecule has 19 heavy (non-hydrogen) atoms. The van der Waals surface area contributed by atoms with Crippen LogP contribution < -0.4 is 0 Å². The van der Waals surface area contributed by atoms with E-state index in [4.69, 9.17) is 9.47 Å². The third-order valence-corrected chi connectivity index (χ3v) is 2.26. The minimum absolute atomic E-state index is 0.345. The Morgan fingerprint density at radius 3 is 2.89 bits per heavy atom. The Kier molecular flexibility index (Phi) is 5.31. The summed E-state index contributed by atoms with van der Waals surface area (Å²) in [5, 5.41) is 23.2. The smallest absolute Gasteiger partial charge is 0.200 e. The molecule has 0 atom stereocenters. The van der Waals surface area contributed by atoms with Crippen molar-refractivity contribution < 1.29 is 9.47 Å². The fourth-order valence-electron chi connectivity index (χ4n) is 1.36. The van der Waals surface area contributed by atoms with Gasteiger partial charge in [0.05, 0.1) is 19.7 Å². The van der Waals surface area contributed by atoms with Gasteiger partial charge in [0.2, 0.25) is 0 Å². The van der Waals surface area contributed by atoms with Gasteiger partial charge in [0.15, 0.2) is 12.2 Å². The summed E-state index contributed by atoms with van der Waals surface area (Å²) in [6.45, 7) is 2.74. The second-order valence-corrected chi connectivity index (χ2v) is 3.73. The van der Waals surface area contributed by atoms with Gasteiger partial charge < -0.3 is 9.47 Å². The van der Waals surface area contributed by atoms with Crippen molar-refractivity contribution in [3.63, 3.8) is 0 Å². The summed E-state index contributed by atoms with van der Waals surface area (Å²) >= 11 is 0. The van der Waals surface area contributed by atoms with Gasteiger partial charge >= 0.3 is 0 Å². The topological polar surface area (TPSA) is 106 Å². The quantitative estimate of drug-likeness (QED) is 0.528. The zero-order valence-corrected chi connectivity index (χ0v) is 10.7. The predicted molar refractivity (Wildman–Crippen MR) is 61.8 cm³/mol. The molecule has 2 heterocycles. The molecule has 0 spiro atoms. The van der Waals surface area contributed by atoms with E-state index in [-0.39, 0.29) is 0 Å². The van der Waals surface area contributed by atoms with Crippen molar-refractivity contribution in [3.05, 3.63) is 12.2 Å². The molecule has 0 fully saturated rings. The summed E-state index contributed by atoms with van der Waals surface area (Å²) in [4.78, 5) is 3.00. The van der Waals surface area contributed by atoms with Gasteiger partial charge in [-0.25, -0.2) is 0 Å². The van der Waals surface area contributed by atoms with Crippen LogP contribution in [0.15, 0.2) is 6.33 Å². The van der Waals surface area contributed by atoms with Gasteiger partial charge in [-0.1, -0.05) is 0 Å². The molecule has 0 aliphatic heterocycles. The fraction of sp³-hybridized carbons (Fsp3) is 0.778. The highest BCUT2D eigenvalue weighted by Gasteiger charge is 2.02. The normalized spacial score (nSPS) is 11.0. The first-order valence-corrected chi connectivity index (χ1v) is 5.92. The average Bonchev–Trinajstić information content (AvgIpc) is 3.07. The number of ether oxygens (including phenoxy) is 2. The van der Waals surface area contributed by atoms with Gasteiger partial charge in [-0.15, -0.1) is 20.4 Å². The molecule has 0 N–H and O–H groups in total. The van der Waals surface area contributed by atoms with Crippen molar-refractivity contribution in [2.24, 2.45) is 0 Å². The highest BCUT2D eigenvalue weighted by Crippen LogP contribution is 1.93. The standard InChI is InChI=1S/C9H16N8O2/c1-18-6-4-17-13-9(12-15-17)7-19-5-2-3-16-11-8-10-14-16/h8H,2-7H2,1H3. The Morgan fingerprint density at radius 1 is 1.16 bits per heavy atom. The summed E-state index contributed by atoms with van der Waals surface area (Å²) in [7, 11) is 1.63. The molecule has 0 radical (unpaired) electrons. The van der Waals surface area contributed by atoms with Crippen molar-refractivity contribution in [3.8, 4) is 0 Å². The van der Waals surface area contributed by atoms with Gasteiger partial charge in [0.1, 0.15) is 6.61 Å². The van der Waals surface area contributed by atoms with Crippen LogP contribution in [-0.4, -0.2) is 60.7 Å². The van der Waals surface area contributed by atoms with E-state index in [9.17, 15) is 0 Å². The second kappa shape index (κ2) is 7.48. The van der Waals surface area contributed by atoms with Crippen LogP contribution in [0.2, 0.25) is 0 Å². The van der Waals surface area contributed by atoms with E-state index in [0.717, 1.165) is 6.42 Å². The highest BCUT2D eigenvalue weighted by molar-refractivity contribution is 4.71. The van der Waals surface area contributed by atoms with Crippen molar-refractivity contribution in [2.45, 2.75) is 26.1 Å². The summed E-state index contributed by atoms with van der Waals surface area (Å²) in [6, 6.07) is 0. The lowest BCUT2D eigenvalue weighted by molar-refractivity contribution is 0.108. The van der Waals surface area contributed by atoms with E-state index >= 15 is 0 Å². The summed E-state index contributed by atoms with van der Waals surface area (Å²) in [5.41, 5.74) is 0. The molecule has 0 bridgehead atoms. The minimum atomic E-state index is 0.345. The van der Waals surface area contributed by atoms with Crippen LogP contribution in [0.4, 0.5) is 0 Å². The third kappa shape index (κ3) is 4.67. The predicted octanol–water partition coefficient (Wildman–Crippen LogP) is -1.09. The molecule has 0 amide bonds. The van der Waals surface area contributed by atoms with Crippen LogP contribution in [-0.2, 0) is 29.2 Å². The molecular weight excluding hydrogens is 252 g/mol. The van der Waals surface area contributed by atoms with E-state index in [2.05, 4.69) is 30.8 Å². The largest absolute Gasteiger partial charge is 0.383 e. The Balaban J connectivity index is 1.58. The first-order chi connectivity index (χ1) is 9.38. The number of hydrogen-bond donors (Lipinski definition) is 0. The molecule has 0 aliphatic rings. The molecule has 2 aromatic heterocycles. The molecule has 10 nitrogen and oxygen atoms in total. The van der Waals surface area contributed by atoms with Crippen LogP contribution >= 0.6 is 0 Å². The number of aryl methyl sites for hydroxylation is 1. The van der Waals surface area contributed by atoms with Crippen LogP contribution in [0.25, 0.3) is 0 Å². The van der Waals surface area contributed by atoms with E-state index in [1.807, 2.05) is 0 Å². The van der Waals surface area contributed by atoms with Gasteiger partial charge in [0.25, 0.3) is 0 Å². The zero-order chi connectivity index (χ0) is 13.3. The molecule has 2 aromatic rings. The summed E-state index contributed by atoms with van der Waals surface area (Å²) < 4.78 is 10.4. The van der Waals surface area contributed by atoms with E-state index in [0.29, 0.717) is 38.7 Å². The lowest BCUT2D eigenvalue weighted by Gasteiger charge is -2.00. The Bertz CT molecular complexity index is 456. The van der Waals surface area contributed by atoms with Gasteiger partial charge in [0, 0.05) is 13.7 Å². The maximum Gasteiger partial charge on any atom is 0.200 e. The maximum absolute atomic E-state index is 5.44. The molecule has 0 aromatic carbocycles. The third-order valence-electron chi connectivity index (χ3n) is 2.26. The number of tetrazole rings is 2. The molecular formula is C9H16N8O2. The van der Waals surface area contributed by atoms with Gasteiger partial charge in [-0.3, -0.25) is 0 Å². The number of aromatic nitrogens is 8. The molecule has 10 heteroatoms. The van der Waals surface area contributed by atoms with Crippen LogP contribution in [0.5, 0.6) is 0 Å². The number of hydrogen-bond acceptors (Lipinski definition) is 8. The fourth-order valence-corrected chi connectivity index (χ4v) is 1.36. The summed E-state index contributed by atoms with van der Waals surface area (Å²) in [5.74, 6) is 0.565. The van der Waals surface area contributed by atoms with Crippen LogP contribution in [0, 0.1) is 0 Å². The highest BCUT2D eigenvalue weighted by atomic mass is 16.5. The molecule has 0 saturated heterocycles. The first-order valence-electron chi connectivity index (χ1n) is 5.92. The van der Waals surface area contributed by atoms with Crippen molar-refractivity contribution in [2.75, 3.05) is 20.3 Å². The van der Waals surface area contributed by atoms with Crippen molar-refractivity contribution in [1.29, 1.82) is 0 Å². The van der Waals surface area contributed by atoms with Crippen molar-refractivity contribution in [1.82, 2.24) is 40.4 Å². The number of rotatable bonds is 9. The van der Waals surface area contributed by atoms with Crippen molar-refractivity contribution >= 4 is 0 Å². The Labute approximate surface area is 109 Å². The van der Waals surface area contributed by atoms with E-state index in [1.54, 1.807) is 7.11 Å². The SMILES string of the molecule is COCCn1nnc(COCCCn2ncnn2)n1. The molecule has 2 rings (SSSR count). The maximum atomic E-state index is 5.44. The van der Waals surface area contributed by atoms with Crippen LogP contribution in [0.1, 0.15) is 12.2 Å². The molecule has 0 aliphatic carbocycles. The summed E-state index contributed by atoms with van der Waals surface area (Å²) in [6.07, 6.45) is 2.21. The Hall–Kier alpha value is -1.94. The zero-order valence-electron chi connectivity index (χ0n) is 10.7. The van der Waals surface area contributed by atoms with E-state index in [1.165, 1.54) is 15.9 Å². The Morgan fingerprint density at radius 2 is 2.11 bits per heavy atom. The first kappa shape index (κ1) is 13.5. The molecule has 0 unspecified atom stereocenters.